The molecule has 0 saturated carbocycles. The lowest BCUT2D eigenvalue weighted by Crippen LogP contribution is -2.21. The summed E-state index contributed by atoms with van der Waals surface area (Å²) in [5.41, 5.74) is 1.38. The summed E-state index contributed by atoms with van der Waals surface area (Å²) in [4.78, 5) is 2.39. The molecule has 0 saturated heterocycles. The molecule has 0 bridgehead atoms. The van der Waals surface area contributed by atoms with E-state index in [1.807, 2.05) is 0 Å². The second-order valence-corrected chi connectivity index (χ2v) is 5.74. The average molecular weight is 313 g/mol. The molecule has 0 aliphatic heterocycles. The maximum atomic E-state index is 3.46. The van der Waals surface area contributed by atoms with E-state index in [-0.39, 0.29) is 0 Å². The fourth-order valence-corrected chi connectivity index (χ4v) is 2.18. The second kappa shape index (κ2) is 9.54. The molecule has 2 nitrogen and oxygen atoms in total. The van der Waals surface area contributed by atoms with E-state index in [1.165, 1.54) is 31.4 Å². The van der Waals surface area contributed by atoms with E-state index in [4.69, 9.17) is 0 Å². The molecule has 1 N–H and O–H groups in total. The van der Waals surface area contributed by atoms with Gasteiger partial charge < -0.3 is 10.2 Å². The van der Waals surface area contributed by atoms with Crippen LogP contribution in [-0.4, -0.2) is 31.6 Å². The van der Waals surface area contributed by atoms with E-state index in [9.17, 15) is 0 Å². The monoisotopic (exact) mass is 312 g/mol. The summed E-state index contributed by atoms with van der Waals surface area (Å²) in [6.45, 7) is 6.72. The Kier molecular flexibility index (Phi) is 8.31. The molecule has 18 heavy (non-hydrogen) atoms. The SMILES string of the molecule is CCCNCCCCN(C)Cc1ccc(Br)cc1. The van der Waals surface area contributed by atoms with Gasteiger partial charge in [0.05, 0.1) is 0 Å². The van der Waals surface area contributed by atoms with Crippen molar-refractivity contribution in [3.8, 4) is 0 Å². The highest BCUT2D eigenvalue weighted by Gasteiger charge is 2.00. The van der Waals surface area contributed by atoms with Crippen molar-refractivity contribution in [1.29, 1.82) is 0 Å². The van der Waals surface area contributed by atoms with Crippen molar-refractivity contribution in [2.75, 3.05) is 26.7 Å². The molecular weight excluding hydrogens is 288 g/mol. The third-order valence-corrected chi connectivity index (χ3v) is 3.46. The Hall–Kier alpha value is -0.380. The number of benzene rings is 1. The Morgan fingerprint density at radius 3 is 2.50 bits per heavy atom. The van der Waals surface area contributed by atoms with Gasteiger partial charge in [-0.05, 0) is 63.6 Å². The number of hydrogen-bond acceptors (Lipinski definition) is 2. The predicted molar refractivity (Wildman–Crippen MR) is 82.9 cm³/mol. The van der Waals surface area contributed by atoms with Crippen LogP contribution < -0.4 is 5.32 Å². The first-order chi connectivity index (χ1) is 8.72. The third-order valence-electron chi connectivity index (χ3n) is 2.94. The number of rotatable bonds is 9. The predicted octanol–water partition coefficient (Wildman–Crippen LogP) is 3.66. The fraction of sp³-hybridized carbons (Fsp3) is 0.600. The molecule has 0 amide bonds. The minimum Gasteiger partial charge on any atom is -0.317 e. The first-order valence-corrected chi connectivity index (χ1v) is 7.65. The van der Waals surface area contributed by atoms with Crippen LogP contribution >= 0.6 is 15.9 Å². The van der Waals surface area contributed by atoms with Crippen LogP contribution in [0.15, 0.2) is 28.7 Å². The Balaban J connectivity index is 2.10. The van der Waals surface area contributed by atoms with Gasteiger partial charge in [-0.15, -0.1) is 0 Å². The van der Waals surface area contributed by atoms with Crippen LogP contribution in [0.1, 0.15) is 31.7 Å². The van der Waals surface area contributed by atoms with E-state index < -0.39 is 0 Å². The summed E-state index contributed by atoms with van der Waals surface area (Å²) in [5, 5.41) is 3.44. The lowest BCUT2D eigenvalue weighted by atomic mass is 10.2. The van der Waals surface area contributed by atoms with Gasteiger partial charge in [-0.1, -0.05) is 35.0 Å². The molecule has 3 heteroatoms. The number of nitrogens with one attached hydrogen (secondary N) is 1. The van der Waals surface area contributed by atoms with Crippen LogP contribution in [0.3, 0.4) is 0 Å². The average Bonchev–Trinajstić information content (AvgIpc) is 2.36. The van der Waals surface area contributed by atoms with E-state index in [2.05, 4.69) is 64.4 Å². The molecule has 0 heterocycles. The van der Waals surface area contributed by atoms with Gasteiger partial charge in [-0.2, -0.15) is 0 Å². The van der Waals surface area contributed by atoms with Gasteiger partial charge in [-0.25, -0.2) is 0 Å². The second-order valence-electron chi connectivity index (χ2n) is 4.82. The van der Waals surface area contributed by atoms with Crippen molar-refractivity contribution in [1.82, 2.24) is 10.2 Å². The molecule has 0 radical (unpaired) electrons. The maximum Gasteiger partial charge on any atom is 0.0230 e. The lowest BCUT2D eigenvalue weighted by Gasteiger charge is -2.16. The first-order valence-electron chi connectivity index (χ1n) is 6.86. The number of hydrogen-bond donors (Lipinski definition) is 1. The van der Waals surface area contributed by atoms with Gasteiger partial charge in [0, 0.05) is 11.0 Å². The van der Waals surface area contributed by atoms with Gasteiger partial charge in [0.2, 0.25) is 0 Å². The Morgan fingerprint density at radius 2 is 1.83 bits per heavy atom. The molecular formula is C15H25BrN2. The summed E-state index contributed by atoms with van der Waals surface area (Å²) < 4.78 is 1.15. The van der Waals surface area contributed by atoms with Gasteiger partial charge in [0.25, 0.3) is 0 Å². The van der Waals surface area contributed by atoms with Gasteiger partial charge >= 0.3 is 0 Å². The van der Waals surface area contributed by atoms with E-state index >= 15 is 0 Å². The van der Waals surface area contributed by atoms with Crippen molar-refractivity contribution in [2.24, 2.45) is 0 Å². The summed E-state index contributed by atoms with van der Waals surface area (Å²) in [5.74, 6) is 0. The van der Waals surface area contributed by atoms with E-state index in [0.29, 0.717) is 0 Å². The zero-order valence-corrected chi connectivity index (χ0v) is 13.2. The molecule has 0 aliphatic rings. The zero-order valence-electron chi connectivity index (χ0n) is 11.6. The molecule has 1 aromatic rings. The lowest BCUT2D eigenvalue weighted by molar-refractivity contribution is 0.318. The Morgan fingerprint density at radius 1 is 1.11 bits per heavy atom. The van der Waals surface area contributed by atoms with Crippen LogP contribution in [0.25, 0.3) is 0 Å². The van der Waals surface area contributed by atoms with Gasteiger partial charge in [0.15, 0.2) is 0 Å². The molecule has 1 aromatic carbocycles. The fourth-order valence-electron chi connectivity index (χ4n) is 1.91. The third kappa shape index (κ3) is 7.14. The highest BCUT2D eigenvalue weighted by atomic mass is 79.9. The molecule has 102 valence electrons. The van der Waals surface area contributed by atoms with Gasteiger partial charge in [0.1, 0.15) is 0 Å². The molecule has 0 atom stereocenters. The number of halogens is 1. The quantitative estimate of drug-likeness (QED) is 0.700. The number of unbranched alkanes of at least 4 members (excludes halogenated alkanes) is 1. The summed E-state index contributed by atoms with van der Waals surface area (Å²) in [6, 6.07) is 8.59. The Bertz CT molecular complexity index is 311. The largest absolute Gasteiger partial charge is 0.317 e. The first kappa shape index (κ1) is 15.7. The summed E-state index contributed by atoms with van der Waals surface area (Å²) in [7, 11) is 2.20. The Labute approximate surface area is 120 Å². The minimum absolute atomic E-state index is 1.04. The highest BCUT2D eigenvalue weighted by molar-refractivity contribution is 9.10. The molecule has 0 fully saturated rings. The van der Waals surface area contributed by atoms with Crippen molar-refractivity contribution in [2.45, 2.75) is 32.7 Å². The van der Waals surface area contributed by atoms with E-state index in [1.54, 1.807) is 0 Å². The molecule has 0 spiro atoms. The standard InChI is InChI=1S/C15H25BrN2/c1-3-10-17-11-4-5-12-18(2)13-14-6-8-15(16)9-7-14/h6-9,17H,3-5,10-13H2,1-2H3. The van der Waals surface area contributed by atoms with Crippen molar-refractivity contribution in [3.05, 3.63) is 34.3 Å². The van der Waals surface area contributed by atoms with Crippen LogP contribution in [0.2, 0.25) is 0 Å². The minimum atomic E-state index is 1.04. The topological polar surface area (TPSA) is 15.3 Å². The van der Waals surface area contributed by atoms with Crippen molar-refractivity contribution in [3.63, 3.8) is 0 Å². The summed E-state index contributed by atoms with van der Waals surface area (Å²) >= 11 is 3.46. The molecule has 0 unspecified atom stereocenters. The van der Waals surface area contributed by atoms with Crippen LogP contribution in [-0.2, 0) is 6.54 Å². The van der Waals surface area contributed by atoms with E-state index in [0.717, 1.165) is 24.1 Å². The van der Waals surface area contributed by atoms with Crippen molar-refractivity contribution >= 4 is 15.9 Å². The van der Waals surface area contributed by atoms with Crippen molar-refractivity contribution < 1.29 is 0 Å². The van der Waals surface area contributed by atoms with Crippen LogP contribution in [0.5, 0.6) is 0 Å². The van der Waals surface area contributed by atoms with Gasteiger partial charge in [-0.3, -0.25) is 0 Å². The van der Waals surface area contributed by atoms with Crippen LogP contribution in [0, 0.1) is 0 Å². The highest BCUT2D eigenvalue weighted by Crippen LogP contribution is 2.11. The maximum absolute atomic E-state index is 3.46. The summed E-state index contributed by atoms with van der Waals surface area (Å²) in [6.07, 6.45) is 3.76. The molecule has 1 rings (SSSR count). The zero-order chi connectivity index (χ0) is 13.2. The molecule has 0 aromatic heterocycles. The molecule has 0 aliphatic carbocycles. The normalized spacial score (nSPS) is 11.1. The smallest absolute Gasteiger partial charge is 0.0230 e. The van der Waals surface area contributed by atoms with Crippen LogP contribution in [0.4, 0.5) is 0 Å². The number of nitrogens with zero attached hydrogens (tertiary/aromatic N) is 1.